The predicted octanol–water partition coefficient (Wildman–Crippen LogP) is 10.1. The number of Topliss-reactive ketones (excluding diaryl/α,β-unsaturated/α-hetero) is 4. The summed E-state index contributed by atoms with van der Waals surface area (Å²) < 4.78 is 0. The molecule has 0 aromatic rings. The normalized spacial score (nSPS) is 41.6. The summed E-state index contributed by atoms with van der Waals surface area (Å²) in [5.74, 6) is 1.61. The summed E-state index contributed by atoms with van der Waals surface area (Å²) in [4.78, 5) is 52.6. The first-order valence-electron chi connectivity index (χ1n) is 22.0. The number of carbonyl (C=O) groups excluding carboxylic acids is 4. The van der Waals surface area contributed by atoms with Gasteiger partial charge in [-0.2, -0.15) is 0 Å². The van der Waals surface area contributed by atoms with Gasteiger partial charge in [-0.3, -0.25) is 19.2 Å². The number of hydrogen-bond acceptors (Lipinski definition) is 7. The van der Waals surface area contributed by atoms with E-state index in [4.69, 9.17) is 0 Å². The van der Waals surface area contributed by atoms with Crippen LogP contribution < -0.4 is 0 Å². The van der Waals surface area contributed by atoms with Gasteiger partial charge in [0.05, 0.1) is 17.3 Å². The minimum absolute atomic E-state index is 0.0265. The van der Waals surface area contributed by atoms with Crippen LogP contribution in [0, 0.1) is 88.8 Å². The highest BCUT2D eigenvalue weighted by Crippen LogP contribution is 2.56. The molecule has 2 saturated carbocycles. The summed E-state index contributed by atoms with van der Waals surface area (Å²) in [7, 11) is 0. The van der Waals surface area contributed by atoms with E-state index in [-0.39, 0.29) is 124 Å². The quantitative estimate of drug-likeness (QED) is 0.158. The van der Waals surface area contributed by atoms with Crippen LogP contribution >= 0.6 is 0 Å². The van der Waals surface area contributed by atoms with Crippen molar-refractivity contribution in [2.24, 2.45) is 88.8 Å². The SMILES string of the molecule is CCC1C(C)=CC2CC(C)C(O)C(CC)C2C1C(=O)C1=C(O)C(C)CC1=O.CCCC1C(C)=CC2CC(C)C(C)C(CC)C2C1C(=O)C1=C(O)C(C)CC1=O. The molecule has 3 N–H and O–H groups in total. The molecule has 2 fully saturated rings. The molecule has 0 amide bonds. The second kappa shape index (κ2) is 17.4. The molecule has 0 bridgehead atoms. The van der Waals surface area contributed by atoms with Crippen molar-refractivity contribution in [2.45, 2.75) is 140 Å². The van der Waals surface area contributed by atoms with E-state index in [0.717, 1.165) is 44.9 Å². The van der Waals surface area contributed by atoms with Crippen LogP contribution in [0.2, 0.25) is 0 Å². The Hall–Kier alpha value is -2.80. The van der Waals surface area contributed by atoms with Crippen LogP contribution in [-0.4, -0.2) is 44.6 Å². The zero-order chi connectivity index (χ0) is 40.8. The van der Waals surface area contributed by atoms with E-state index in [1.807, 2.05) is 6.92 Å². The maximum atomic E-state index is 13.8. The Balaban J connectivity index is 0.000000211. The molecule has 0 radical (unpaired) electrons. The van der Waals surface area contributed by atoms with E-state index in [1.165, 1.54) is 11.1 Å². The van der Waals surface area contributed by atoms with E-state index in [1.54, 1.807) is 6.92 Å². The van der Waals surface area contributed by atoms with Gasteiger partial charge in [0.15, 0.2) is 23.1 Å². The summed E-state index contributed by atoms with van der Waals surface area (Å²) in [5.41, 5.74) is 2.71. The Morgan fingerprint density at radius 3 is 1.51 bits per heavy atom. The summed E-state index contributed by atoms with van der Waals surface area (Å²) in [6.45, 7) is 23.3. The lowest BCUT2D eigenvalue weighted by Crippen LogP contribution is -2.51. The molecule has 16 unspecified atom stereocenters. The third kappa shape index (κ3) is 7.78. The first-order chi connectivity index (χ1) is 25.9. The fourth-order valence-electron chi connectivity index (χ4n) is 12.8. The molecule has 6 rings (SSSR count). The monoisotopic (exact) mass is 761 g/mol. The zero-order valence-corrected chi connectivity index (χ0v) is 35.7. The first-order valence-corrected chi connectivity index (χ1v) is 22.0. The summed E-state index contributed by atoms with van der Waals surface area (Å²) in [6, 6.07) is 0. The minimum Gasteiger partial charge on any atom is -0.511 e. The minimum atomic E-state index is -0.420. The van der Waals surface area contributed by atoms with Gasteiger partial charge in [0.2, 0.25) is 0 Å². The molecule has 0 aliphatic heterocycles. The molecule has 6 aliphatic carbocycles. The lowest BCUT2D eigenvalue weighted by Gasteiger charge is -2.52. The van der Waals surface area contributed by atoms with Crippen LogP contribution in [0.1, 0.15) is 134 Å². The van der Waals surface area contributed by atoms with Crippen LogP contribution in [0.4, 0.5) is 0 Å². The molecule has 306 valence electrons. The lowest BCUT2D eigenvalue weighted by molar-refractivity contribution is -0.132. The number of aliphatic hydroxyl groups is 3. The van der Waals surface area contributed by atoms with Gasteiger partial charge in [0.1, 0.15) is 11.5 Å². The molecule has 0 saturated heterocycles. The molecule has 6 aliphatic rings. The van der Waals surface area contributed by atoms with Gasteiger partial charge in [-0.15, -0.1) is 0 Å². The van der Waals surface area contributed by atoms with Crippen molar-refractivity contribution in [3.8, 4) is 0 Å². The maximum absolute atomic E-state index is 13.8. The van der Waals surface area contributed by atoms with Gasteiger partial charge >= 0.3 is 0 Å². The highest BCUT2D eigenvalue weighted by atomic mass is 16.3. The van der Waals surface area contributed by atoms with E-state index in [9.17, 15) is 34.5 Å². The Morgan fingerprint density at radius 1 is 0.655 bits per heavy atom. The molecule has 0 heterocycles. The maximum Gasteiger partial charge on any atom is 0.173 e. The number of rotatable bonds is 9. The summed E-state index contributed by atoms with van der Waals surface area (Å²) in [6.07, 6.45) is 11.5. The van der Waals surface area contributed by atoms with Gasteiger partial charge in [-0.05, 0) is 105 Å². The van der Waals surface area contributed by atoms with Crippen LogP contribution in [0.25, 0.3) is 0 Å². The Labute approximate surface area is 331 Å². The van der Waals surface area contributed by atoms with E-state index >= 15 is 0 Å². The van der Waals surface area contributed by atoms with Crippen molar-refractivity contribution in [3.63, 3.8) is 0 Å². The fraction of sp³-hybridized carbons (Fsp3) is 0.750. The fourth-order valence-corrected chi connectivity index (χ4v) is 12.8. The van der Waals surface area contributed by atoms with Crippen LogP contribution in [0.5, 0.6) is 0 Å². The van der Waals surface area contributed by atoms with Gasteiger partial charge in [0, 0.05) is 36.5 Å². The Bertz CT molecular complexity index is 1630. The smallest absolute Gasteiger partial charge is 0.173 e. The number of hydrogen-bond donors (Lipinski definition) is 3. The average molecular weight is 761 g/mol. The van der Waals surface area contributed by atoms with Crippen LogP contribution in [0.15, 0.2) is 46.0 Å². The molecule has 7 nitrogen and oxygen atoms in total. The topological polar surface area (TPSA) is 129 Å². The van der Waals surface area contributed by atoms with Gasteiger partial charge in [-0.1, -0.05) is 105 Å². The zero-order valence-electron chi connectivity index (χ0n) is 35.7. The molecular weight excluding hydrogens is 689 g/mol. The molecule has 0 aromatic heterocycles. The first kappa shape index (κ1) is 43.3. The summed E-state index contributed by atoms with van der Waals surface area (Å²) in [5, 5.41) is 31.8. The summed E-state index contributed by atoms with van der Waals surface area (Å²) >= 11 is 0. The van der Waals surface area contributed by atoms with Crippen molar-refractivity contribution < 1.29 is 34.5 Å². The number of fused-ring (bicyclic) bond motifs is 2. The molecule has 7 heteroatoms. The van der Waals surface area contributed by atoms with Crippen molar-refractivity contribution in [1.29, 1.82) is 0 Å². The predicted molar refractivity (Wildman–Crippen MR) is 218 cm³/mol. The number of aliphatic hydroxyl groups excluding tert-OH is 3. The van der Waals surface area contributed by atoms with Crippen LogP contribution in [0.3, 0.4) is 0 Å². The third-order valence-electron chi connectivity index (χ3n) is 15.7. The van der Waals surface area contributed by atoms with Crippen molar-refractivity contribution >= 4 is 23.1 Å². The van der Waals surface area contributed by atoms with Gasteiger partial charge in [0.25, 0.3) is 0 Å². The van der Waals surface area contributed by atoms with Gasteiger partial charge < -0.3 is 15.3 Å². The number of carbonyl (C=O) groups is 4. The van der Waals surface area contributed by atoms with E-state index < -0.39 is 6.10 Å². The van der Waals surface area contributed by atoms with Gasteiger partial charge in [-0.25, -0.2) is 0 Å². The van der Waals surface area contributed by atoms with Crippen LogP contribution in [-0.2, 0) is 19.2 Å². The van der Waals surface area contributed by atoms with Crippen molar-refractivity contribution in [1.82, 2.24) is 0 Å². The highest BCUT2D eigenvalue weighted by Gasteiger charge is 2.54. The lowest BCUT2D eigenvalue weighted by atomic mass is 9.52. The highest BCUT2D eigenvalue weighted by molar-refractivity contribution is 6.23. The van der Waals surface area contributed by atoms with E-state index in [2.05, 4.69) is 74.5 Å². The second-order valence-electron chi connectivity index (χ2n) is 19.0. The molecule has 55 heavy (non-hydrogen) atoms. The molecule has 16 atom stereocenters. The third-order valence-corrected chi connectivity index (χ3v) is 15.7. The second-order valence-corrected chi connectivity index (χ2v) is 19.0. The average Bonchev–Trinajstić information content (AvgIpc) is 3.54. The Morgan fingerprint density at radius 2 is 1.09 bits per heavy atom. The molecular formula is C48H72O7. The Kier molecular flexibility index (Phi) is 13.7. The van der Waals surface area contributed by atoms with Crippen molar-refractivity contribution in [3.05, 3.63) is 46.0 Å². The number of allylic oxidation sites excluding steroid dienone is 8. The standard InChI is InChI=1S/C25H38O3.C23H34O4/c1-7-9-19-14(4)11-17-10-13(3)16(6)18(8-2)21(17)22(19)25(28)23-20(26)12-15(5)24(23)27;1-6-15-11(3)8-14-9-12(4)21(25)16(7-2)18(14)19(15)23(27)20-17(24)10-13(5)22(20)26/h11,13,15-19,21-22,27H,7-10,12H2,1-6H3;8,12-16,18-19,21,25-26H,6-7,9-10H2,1-5H3. The molecule has 0 spiro atoms. The number of ketones is 4. The van der Waals surface area contributed by atoms with Crippen molar-refractivity contribution in [2.75, 3.05) is 0 Å². The molecule has 0 aromatic carbocycles. The van der Waals surface area contributed by atoms with E-state index in [0.29, 0.717) is 23.7 Å². The largest absolute Gasteiger partial charge is 0.511 e.